The first kappa shape index (κ1) is 20.5. The Labute approximate surface area is 192 Å². The first-order valence-electron chi connectivity index (χ1n) is 9.03. The van der Waals surface area contributed by atoms with Gasteiger partial charge in [-0.1, -0.05) is 27.5 Å². The minimum Gasteiger partial charge on any atom is -0.338 e. The van der Waals surface area contributed by atoms with Crippen LogP contribution in [-0.4, -0.2) is 21.0 Å². The van der Waals surface area contributed by atoms with Gasteiger partial charge in [0.2, 0.25) is 0 Å². The average Bonchev–Trinajstić information content (AvgIpc) is 3.12. The molecule has 0 aliphatic heterocycles. The highest BCUT2D eigenvalue weighted by molar-refractivity contribution is 9.10. The van der Waals surface area contributed by atoms with Gasteiger partial charge >= 0.3 is 0 Å². The highest BCUT2D eigenvalue weighted by Gasteiger charge is 2.10. The van der Waals surface area contributed by atoms with Crippen molar-refractivity contribution in [3.63, 3.8) is 0 Å². The van der Waals surface area contributed by atoms with E-state index in [1.54, 1.807) is 24.3 Å². The molecule has 0 unspecified atom stereocenters. The van der Waals surface area contributed by atoms with Gasteiger partial charge in [0.25, 0.3) is 5.91 Å². The van der Waals surface area contributed by atoms with Crippen LogP contribution in [0.5, 0.6) is 0 Å². The van der Waals surface area contributed by atoms with Gasteiger partial charge in [-0.15, -0.1) is 0 Å². The number of hydrogen-bond acceptors (Lipinski definition) is 3. The van der Waals surface area contributed by atoms with Gasteiger partial charge in [0.05, 0.1) is 11.0 Å². The average molecular weight is 500 g/mol. The van der Waals surface area contributed by atoms with Crippen LogP contribution in [0.15, 0.2) is 65.1 Å². The maximum atomic E-state index is 12.3. The summed E-state index contributed by atoms with van der Waals surface area (Å²) in [5.74, 6) is 0.484. The van der Waals surface area contributed by atoms with E-state index < -0.39 is 0 Å². The number of rotatable bonds is 3. The molecule has 3 N–H and O–H groups in total. The Morgan fingerprint density at radius 2 is 1.80 bits per heavy atom. The van der Waals surface area contributed by atoms with E-state index in [9.17, 15) is 4.79 Å². The Kier molecular flexibility index (Phi) is 5.85. The Hall–Kier alpha value is -2.74. The summed E-state index contributed by atoms with van der Waals surface area (Å²) >= 11 is 14.8. The van der Waals surface area contributed by atoms with E-state index in [-0.39, 0.29) is 11.0 Å². The second kappa shape index (κ2) is 8.55. The van der Waals surface area contributed by atoms with Crippen molar-refractivity contribution in [1.82, 2.24) is 15.3 Å². The molecule has 8 heteroatoms. The van der Waals surface area contributed by atoms with Crippen molar-refractivity contribution in [2.45, 2.75) is 6.92 Å². The number of halogens is 2. The Bertz CT molecular complexity index is 1210. The van der Waals surface area contributed by atoms with Crippen LogP contribution >= 0.6 is 39.7 Å². The molecule has 0 aliphatic carbocycles. The first-order valence-corrected chi connectivity index (χ1v) is 10.6. The largest absolute Gasteiger partial charge is 0.338 e. The summed E-state index contributed by atoms with van der Waals surface area (Å²) in [7, 11) is 0. The second-order valence-electron chi connectivity index (χ2n) is 6.70. The molecule has 0 spiro atoms. The van der Waals surface area contributed by atoms with Crippen molar-refractivity contribution in [2.24, 2.45) is 0 Å². The van der Waals surface area contributed by atoms with Crippen LogP contribution in [0.2, 0.25) is 5.02 Å². The Balaban J connectivity index is 1.44. The third-order valence-corrected chi connectivity index (χ3v) is 5.65. The fourth-order valence-corrected chi connectivity index (χ4v) is 3.56. The lowest BCUT2D eigenvalue weighted by atomic mass is 10.2. The zero-order valence-corrected chi connectivity index (χ0v) is 19.0. The molecule has 1 aromatic heterocycles. The summed E-state index contributed by atoms with van der Waals surface area (Å²) in [5.41, 5.74) is 4.96. The molecule has 0 saturated carbocycles. The zero-order valence-electron chi connectivity index (χ0n) is 15.8. The smallest absolute Gasteiger partial charge is 0.257 e. The first-order chi connectivity index (χ1) is 14.4. The topological polar surface area (TPSA) is 69.8 Å². The van der Waals surface area contributed by atoms with Crippen molar-refractivity contribution >= 4 is 67.5 Å². The minimum absolute atomic E-state index is 0.226. The highest BCUT2D eigenvalue weighted by Crippen LogP contribution is 2.26. The summed E-state index contributed by atoms with van der Waals surface area (Å²) in [6.07, 6.45) is 0. The predicted molar refractivity (Wildman–Crippen MR) is 129 cm³/mol. The molecule has 30 heavy (non-hydrogen) atoms. The van der Waals surface area contributed by atoms with Crippen LogP contribution in [-0.2, 0) is 0 Å². The number of nitrogens with one attached hydrogen (secondary N) is 3. The van der Waals surface area contributed by atoms with E-state index >= 15 is 0 Å². The van der Waals surface area contributed by atoms with Gasteiger partial charge in [-0.2, -0.15) is 0 Å². The summed E-state index contributed by atoms with van der Waals surface area (Å²) < 4.78 is 0.905. The van der Waals surface area contributed by atoms with Crippen molar-refractivity contribution in [1.29, 1.82) is 0 Å². The van der Waals surface area contributed by atoms with E-state index in [0.717, 1.165) is 38.1 Å². The zero-order chi connectivity index (χ0) is 21.3. The number of thiocarbonyl (C=S) groups is 1. The normalized spacial score (nSPS) is 10.8. The third-order valence-electron chi connectivity index (χ3n) is 4.51. The summed E-state index contributed by atoms with van der Waals surface area (Å²) in [5, 5.41) is 6.61. The van der Waals surface area contributed by atoms with Crippen LogP contribution in [0.25, 0.3) is 22.4 Å². The number of imidazole rings is 1. The molecule has 1 heterocycles. The highest BCUT2D eigenvalue weighted by atomic mass is 79.9. The number of amides is 1. The molecular weight excluding hydrogens is 484 g/mol. The molecule has 5 nitrogen and oxygen atoms in total. The summed E-state index contributed by atoms with van der Waals surface area (Å²) in [6, 6.07) is 18.5. The number of H-pyrrole nitrogens is 1. The van der Waals surface area contributed by atoms with E-state index in [1.165, 1.54) is 0 Å². The molecule has 1 amide bonds. The molecule has 4 rings (SSSR count). The van der Waals surface area contributed by atoms with Crippen molar-refractivity contribution < 1.29 is 4.79 Å². The van der Waals surface area contributed by atoms with Gasteiger partial charge in [-0.05, 0) is 85.4 Å². The van der Waals surface area contributed by atoms with Gasteiger partial charge in [0.15, 0.2) is 5.11 Å². The van der Waals surface area contributed by atoms with Crippen molar-refractivity contribution in [2.75, 3.05) is 5.32 Å². The molecule has 0 atom stereocenters. The summed E-state index contributed by atoms with van der Waals surface area (Å²) in [4.78, 5) is 20.2. The number of anilines is 1. The standard InChI is InChI=1S/C22H16BrClN4OS/c1-12-10-18-19(11-17(12)24)27-20(26-18)13-4-8-16(9-5-13)25-22(30)28-21(29)14-2-6-15(23)7-3-14/h2-11H,1H3,(H,26,27)(H2,25,28,29,30). The molecule has 0 aliphatic rings. The van der Waals surface area contributed by atoms with Crippen LogP contribution in [0.1, 0.15) is 15.9 Å². The number of fused-ring (bicyclic) bond motifs is 1. The van der Waals surface area contributed by atoms with Gasteiger partial charge in [-0.25, -0.2) is 4.98 Å². The molecule has 3 aromatic carbocycles. The maximum absolute atomic E-state index is 12.3. The number of aromatic nitrogens is 2. The quantitative estimate of drug-likeness (QED) is 0.299. The van der Waals surface area contributed by atoms with Crippen LogP contribution in [0.4, 0.5) is 5.69 Å². The predicted octanol–water partition coefficient (Wildman–Crippen LogP) is 6.08. The number of carbonyl (C=O) groups excluding carboxylic acids is 1. The number of hydrogen-bond donors (Lipinski definition) is 3. The Morgan fingerprint density at radius 1 is 1.10 bits per heavy atom. The number of nitrogens with zero attached hydrogens (tertiary/aromatic N) is 1. The lowest BCUT2D eigenvalue weighted by Crippen LogP contribution is -2.34. The number of aromatic amines is 1. The molecular formula is C22H16BrClN4OS. The fraction of sp³-hybridized carbons (Fsp3) is 0.0455. The molecule has 0 radical (unpaired) electrons. The van der Waals surface area contributed by atoms with Gasteiger partial charge in [-0.3, -0.25) is 10.1 Å². The Morgan fingerprint density at radius 3 is 2.50 bits per heavy atom. The van der Waals surface area contributed by atoms with Gasteiger partial charge < -0.3 is 10.3 Å². The molecule has 0 bridgehead atoms. The van der Waals surface area contributed by atoms with E-state index in [4.69, 9.17) is 23.8 Å². The third kappa shape index (κ3) is 4.53. The van der Waals surface area contributed by atoms with Crippen LogP contribution in [0, 0.1) is 6.92 Å². The number of benzene rings is 3. The monoisotopic (exact) mass is 498 g/mol. The van der Waals surface area contributed by atoms with Gasteiger partial charge in [0, 0.05) is 26.3 Å². The second-order valence-corrected chi connectivity index (χ2v) is 8.43. The minimum atomic E-state index is -0.271. The van der Waals surface area contributed by atoms with Crippen molar-refractivity contribution in [3.05, 3.63) is 81.3 Å². The molecule has 0 fully saturated rings. The van der Waals surface area contributed by atoms with E-state index in [1.807, 2.05) is 43.3 Å². The van der Waals surface area contributed by atoms with Crippen LogP contribution in [0.3, 0.4) is 0 Å². The number of aryl methyl sites for hydroxylation is 1. The fourth-order valence-electron chi connectivity index (χ4n) is 2.93. The van der Waals surface area contributed by atoms with E-state index in [2.05, 4.69) is 36.5 Å². The van der Waals surface area contributed by atoms with Gasteiger partial charge in [0.1, 0.15) is 5.82 Å². The lowest BCUT2D eigenvalue weighted by molar-refractivity contribution is 0.0977. The maximum Gasteiger partial charge on any atom is 0.257 e. The molecule has 150 valence electrons. The number of carbonyl (C=O) groups is 1. The van der Waals surface area contributed by atoms with Crippen molar-refractivity contribution in [3.8, 4) is 11.4 Å². The summed E-state index contributed by atoms with van der Waals surface area (Å²) in [6.45, 7) is 1.96. The van der Waals surface area contributed by atoms with Crippen LogP contribution < -0.4 is 10.6 Å². The molecule has 4 aromatic rings. The van der Waals surface area contributed by atoms with E-state index in [0.29, 0.717) is 10.6 Å². The lowest BCUT2D eigenvalue weighted by Gasteiger charge is -2.10. The molecule has 0 saturated heterocycles. The SMILES string of the molecule is Cc1cc2[nH]c(-c3ccc(NC(=S)NC(=O)c4ccc(Br)cc4)cc3)nc2cc1Cl.